The Labute approximate surface area is 187 Å². The van der Waals surface area contributed by atoms with Crippen LogP contribution < -0.4 is 16.0 Å². The Morgan fingerprint density at radius 2 is 1.97 bits per heavy atom. The number of carbonyl (C=O) groups excluding carboxylic acids is 3. The van der Waals surface area contributed by atoms with E-state index in [4.69, 9.17) is 9.52 Å². The van der Waals surface area contributed by atoms with Crippen molar-refractivity contribution >= 4 is 23.7 Å². The summed E-state index contributed by atoms with van der Waals surface area (Å²) in [6, 6.07) is 2.99. The van der Waals surface area contributed by atoms with Crippen LogP contribution in [0.4, 0.5) is 0 Å². The molecule has 0 radical (unpaired) electrons. The Balaban J connectivity index is 1.50. The predicted octanol–water partition coefficient (Wildman–Crippen LogP) is 0.945. The minimum Gasteiger partial charge on any atom is -0.481 e. The van der Waals surface area contributed by atoms with Gasteiger partial charge in [-0.2, -0.15) is 0 Å². The fraction of sp³-hybridized carbons (Fsp3) is 0.636. The first-order valence-electron chi connectivity index (χ1n) is 11.3. The van der Waals surface area contributed by atoms with Crippen LogP contribution >= 0.6 is 0 Å². The van der Waals surface area contributed by atoms with Crippen molar-refractivity contribution in [3.05, 3.63) is 24.2 Å². The van der Waals surface area contributed by atoms with Gasteiger partial charge in [-0.3, -0.25) is 19.2 Å². The maximum absolute atomic E-state index is 12.8. The summed E-state index contributed by atoms with van der Waals surface area (Å²) in [6.07, 6.45) is 4.63. The lowest BCUT2D eigenvalue weighted by atomic mass is 9.92. The van der Waals surface area contributed by atoms with Gasteiger partial charge >= 0.3 is 5.97 Å². The number of carboxylic acids is 1. The van der Waals surface area contributed by atoms with Crippen molar-refractivity contribution in [3.8, 4) is 0 Å². The quantitative estimate of drug-likeness (QED) is 0.412. The number of nitrogens with zero attached hydrogens (tertiary/aromatic N) is 1. The SMILES string of the molecule is O=C(O)C[C@H](NC(=O)c1ccco1)NC(=O)[C@@H]1CCCN(C(=O)CCC2CCNCC2)C1. The summed E-state index contributed by atoms with van der Waals surface area (Å²) in [5.74, 6) is -1.92. The second kappa shape index (κ2) is 11.7. The molecule has 2 aliphatic rings. The molecule has 3 amide bonds. The Morgan fingerprint density at radius 3 is 2.66 bits per heavy atom. The zero-order chi connectivity index (χ0) is 22.9. The Bertz CT molecular complexity index is 790. The molecule has 0 aliphatic carbocycles. The fourth-order valence-corrected chi connectivity index (χ4v) is 4.31. The van der Waals surface area contributed by atoms with E-state index >= 15 is 0 Å². The van der Waals surface area contributed by atoms with E-state index in [0.717, 1.165) is 32.4 Å². The first kappa shape index (κ1) is 23.8. The summed E-state index contributed by atoms with van der Waals surface area (Å²) >= 11 is 0. The fourth-order valence-electron chi connectivity index (χ4n) is 4.31. The van der Waals surface area contributed by atoms with Crippen LogP contribution in [0.25, 0.3) is 0 Å². The first-order chi connectivity index (χ1) is 15.4. The molecule has 32 heavy (non-hydrogen) atoms. The molecule has 0 spiro atoms. The van der Waals surface area contributed by atoms with E-state index in [1.807, 2.05) is 0 Å². The first-order valence-corrected chi connectivity index (χ1v) is 11.3. The predicted molar refractivity (Wildman–Crippen MR) is 114 cm³/mol. The van der Waals surface area contributed by atoms with Crippen molar-refractivity contribution < 1.29 is 28.7 Å². The number of likely N-dealkylation sites (tertiary alicyclic amines) is 1. The summed E-state index contributed by atoms with van der Waals surface area (Å²) in [4.78, 5) is 50.6. The molecule has 0 bridgehead atoms. The molecule has 2 fully saturated rings. The third-order valence-corrected chi connectivity index (χ3v) is 6.12. The average molecular weight is 449 g/mol. The molecule has 176 valence electrons. The summed E-state index contributed by atoms with van der Waals surface area (Å²) in [5, 5.41) is 17.6. The van der Waals surface area contributed by atoms with Gasteiger partial charge in [0.2, 0.25) is 11.8 Å². The van der Waals surface area contributed by atoms with Gasteiger partial charge in [-0.05, 0) is 63.2 Å². The van der Waals surface area contributed by atoms with Crippen molar-refractivity contribution in [2.75, 3.05) is 26.2 Å². The number of carboxylic acid groups (broad SMARTS) is 1. The zero-order valence-electron chi connectivity index (χ0n) is 18.2. The molecular weight excluding hydrogens is 416 g/mol. The molecule has 1 aromatic rings. The maximum Gasteiger partial charge on any atom is 0.307 e. The van der Waals surface area contributed by atoms with Crippen molar-refractivity contribution in [2.24, 2.45) is 11.8 Å². The van der Waals surface area contributed by atoms with Crippen LogP contribution in [0.3, 0.4) is 0 Å². The van der Waals surface area contributed by atoms with E-state index in [1.165, 1.54) is 12.3 Å². The lowest BCUT2D eigenvalue weighted by Crippen LogP contribution is -2.53. The molecule has 3 heterocycles. The Hall–Kier alpha value is -2.88. The normalized spacial score (nSPS) is 20.4. The summed E-state index contributed by atoms with van der Waals surface area (Å²) < 4.78 is 5.01. The summed E-state index contributed by atoms with van der Waals surface area (Å²) in [7, 11) is 0. The van der Waals surface area contributed by atoms with Crippen LogP contribution in [0.2, 0.25) is 0 Å². The van der Waals surface area contributed by atoms with Crippen molar-refractivity contribution in [1.82, 2.24) is 20.9 Å². The second-order valence-corrected chi connectivity index (χ2v) is 8.52. The van der Waals surface area contributed by atoms with Gasteiger partial charge in [-0.1, -0.05) is 0 Å². The van der Waals surface area contributed by atoms with Crippen molar-refractivity contribution in [2.45, 2.75) is 51.1 Å². The van der Waals surface area contributed by atoms with Crippen LogP contribution in [0, 0.1) is 11.8 Å². The Kier molecular flexibility index (Phi) is 8.66. The van der Waals surface area contributed by atoms with Crippen LogP contribution in [0.1, 0.15) is 55.5 Å². The molecule has 10 nitrogen and oxygen atoms in total. The molecule has 2 aliphatic heterocycles. The highest BCUT2D eigenvalue weighted by molar-refractivity contribution is 5.92. The van der Waals surface area contributed by atoms with E-state index in [2.05, 4.69) is 16.0 Å². The molecule has 0 saturated carbocycles. The largest absolute Gasteiger partial charge is 0.481 e. The lowest BCUT2D eigenvalue weighted by molar-refractivity contribution is -0.138. The average Bonchev–Trinajstić information content (AvgIpc) is 3.33. The molecule has 2 atom stereocenters. The van der Waals surface area contributed by atoms with Gasteiger partial charge in [0.15, 0.2) is 5.76 Å². The van der Waals surface area contributed by atoms with Gasteiger partial charge in [0.25, 0.3) is 5.91 Å². The highest BCUT2D eigenvalue weighted by atomic mass is 16.4. The number of hydrogen-bond donors (Lipinski definition) is 4. The summed E-state index contributed by atoms with van der Waals surface area (Å²) in [6.45, 7) is 2.93. The molecule has 1 aromatic heterocycles. The highest BCUT2D eigenvalue weighted by Gasteiger charge is 2.30. The molecular formula is C22H32N4O6. The smallest absolute Gasteiger partial charge is 0.307 e. The van der Waals surface area contributed by atoms with Crippen molar-refractivity contribution in [1.29, 1.82) is 0 Å². The van der Waals surface area contributed by atoms with Gasteiger partial charge in [-0.25, -0.2) is 0 Å². The zero-order valence-corrected chi connectivity index (χ0v) is 18.2. The number of carbonyl (C=O) groups is 4. The van der Waals surface area contributed by atoms with E-state index in [-0.39, 0.29) is 17.6 Å². The van der Waals surface area contributed by atoms with E-state index in [1.54, 1.807) is 11.0 Å². The molecule has 0 aromatic carbocycles. The number of hydrogen-bond acceptors (Lipinski definition) is 6. The number of rotatable bonds is 9. The van der Waals surface area contributed by atoms with E-state index < -0.39 is 30.4 Å². The number of furan rings is 1. The molecule has 10 heteroatoms. The Morgan fingerprint density at radius 1 is 1.19 bits per heavy atom. The summed E-state index contributed by atoms with van der Waals surface area (Å²) in [5.41, 5.74) is 0. The van der Waals surface area contributed by atoms with Crippen LogP contribution in [0.15, 0.2) is 22.8 Å². The standard InChI is InChI=1S/C22H32N4O6/c27-19(6-5-15-7-9-23-10-8-15)26-11-1-3-16(14-26)21(30)24-18(13-20(28)29)25-22(31)17-4-2-12-32-17/h2,4,12,15-16,18,23H,1,3,5-11,13-14H2,(H,24,30)(H,25,31)(H,28,29)/t16-,18+/m1/s1. The second-order valence-electron chi connectivity index (χ2n) is 8.52. The van der Waals surface area contributed by atoms with Crippen LogP contribution in [0.5, 0.6) is 0 Å². The van der Waals surface area contributed by atoms with Gasteiger partial charge in [0, 0.05) is 19.5 Å². The number of nitrogens with one attached hydrogen (secondary N) is 3. The highest BCUT2D eigenvalue weighted by Crippen LogP contribution is 2.21. The third kappa shape index (κ3) is 7.08. The van der Waals surface area contributed by atoms with Crippen LogP contribution in [-0.2, 0) is 14.4 Å². The number of piperidine rings is 2. The van der Waals surface area contributed by atoms with Gasteiger partial charge < -0.3 is 30.4 Å². The minimum atomic E-state index is -1.16. The molecule has 0 unspecified atom stereocenters. The topological polar surface area (TPSA) is 141 Å². The molecule has 4 N–H and O–H groups in total. The van der Waals surface area contributed by atoms with E-state index in [9.17, 15) is 19.2 Å². The number of aliphatic carboxylic acids is 1. The maximum atomic E-state index is 12.8. The third-order valence-electron chi connectivity index (χ3n) is 6.12. The number of amides is 3. The van der Waals surface area contributed by atoms with E-state index in [0.29, 0.717) is 38.3 Å². The van der Waals surface area contributed by atoms with Crippen molar-refractivity contribution in [3.63, 3.8) is 0 Å². The van der Waals surface area contributed by atoms with Gasteiger partial charge in [0.1, 0.15) is 6.17 Å². The molecule has 3 rings (SSSR count). The minimum absolute atomic E-state index is 0.0258. The lowest BCUT2D eigenvalue weighted by Gasteiger charge is -2.33. The van der Waals surface area contributed by atoms with Gasteiger partial charge in [0.05, 0.1) is 18.6 Å². The monoisotopic (exact) mass is 448 g/mol. The molecule has 2 saturated heterocycles. The van der Waals surface area contributed by atoms with Crippen LogP contribution in [-0.4, -0.2) is 66.0 Å². The van der Waals surface area contributed by atoms with Gasteiger partial charge in [-0.15, -0.1) is 0 Å².